The van der Waals surface area contributed by atoms with E-state index in [4.69, 9.17) is 9.47 Å². The topological polar surface area (TPSA) is 18.5 Å². The van der Waals surface area contributed by atoms with Crippen molar-refractivity contribution in [2.24, 2.45) is 0 Å². The number of hydrogen-bond donors (Lipinski definition) is 0. The molecular weight excluding hydrogens is 224 g/mol. The van der Waals surface area contributed by atoms with Gasteiger partial charge in [-0.1, -0.05) is 43.6 Å². The number of ether oxygens (including phenoxy) is 2. The number of allylic oxidation sites excluding steroid dienone is 2. The highest BCUT2D eigenvalue weighted by Gasteiger charge is 2.00. The largest absolute Gasteiger partial charge is 0.496 e. The highest BCUT2D eigenvalue weighted by Crippen LogP contribution is 2.16. The number of methoxy groups -OCH3 is 2. The standard InChI is InChI=1S/C16H18O2/c1-5-8-14(13(2)17-3)11-12-15-9-6-7-10-16(15)18-4/h6-10H,2,5H2,1,3-4H3. The first-order valence-corrected chi connectivity index (χ1v) is 5.81. The van der Waals surface area contributed by atoms with Crippen LogP contribution in [-0.4, -0.2) is 14.2 Å². The van der Waals surface area contributed by atoms with Gasteiger partial charge in [-0.25, -0.2) is 0 Å². The highest BCUT2D eigenvalue weighted by atomic mass is 16.5. The van der Waals surface area contributed by atoms with Crippen LogP contribution in [0.15, 0.2) is 48.3 Å². The molecule has 94 valence electrons. The number of para-hydroxylation sites is 1. The van der Waals surface area contributed by atoms with E-state index in [9.17, 15) is 0 Å². The molecule has 0 aliphatic carbocycles. The Balaban J connectivity index is 3.05. The molecule has 0 unspecified atom stereocenters. The zero-order valence-electron chi connectivity index (χ0n) is 11.1. The molecule has 1 aromatic rings. The lowest BCUT2D eigenvalue weighted by molar-refractivity contribution is 0.305. The molecule has 0 aliphatic heterocycles. The lowest BCUT2D eigenvalue weighted by Gasteiger charge is -2.03. The van der Waals surface area contributed by atoms with Crippen LogP contribution in [0.4, 0.5) is 0 Å². The fourth-order valence-electron chi connectivity index (χ4n) is 1.43. The van der Waals surface area contributed by atoms with Crippen molar-refractivity contribution in [1.82, 2.24) is 0 Å². The molecule has 18 heavy (non-hydrogen) atoms. The van der Waals surface area contributed by atoms with Crippen LogP contribution in [0.3, 0.4) is 0 Å². The Morgan fingerprint density at radius 1 is 1.33 bits per heavy atom. The molecule has 0 aromatic heterocycles. The van der Waals surface area contributed by atoms with Gasteiger partial charge in [-0.3, -0.25) is 0 Å². The van der Waals surface area contributed by atoms with E-state index in [1.165, 1.54) is 0 Å². The Labute approximate surface area is 109 Å². The maximum absolute atomic E-state index is 5.25. The van der Waals surface area contributed by atoms with E-state index in [1.54, 1.807) is 14.2 Å². The third-order valence-electron chi connectivity index (χ3n) is 2.39. The van der Waals surface area contributed by atoms with Gasteiger partial charge in [-0.05, 0) is 18.6 Å². The van der Waals surface area contributed by atoms with Gasteiger partial charge in [0, 0.05) is 0 Å². The molecule has 0 bridgehead atoms. The minimum absolute atomic E-state index is 0.583. The smallest absolute Gasteiger partial charge is 0.134 e. The number of rotatable bonds is 4. The summed E-state index contributed by atoms with van der Waals surface area (Å²) in [5, 5.41) is 0. The van der Waals surface area contributed by atoms with Crippen molar-refractivity contribution in [3.8, 4) is 17.6 Å². The van der Waals surface area contributed by atoms with Gasteiger partial charge in [0.05, 0.1) is 25.4 Å². The Morgan fingerprint density at radius 3 is 2.67 bits per heavy atom. The summed E-state index contributed by atoms with van der Waals surface area (Å²) < 4.78 is 10.4. The van der Waals surface area contributed by atoms with Crippen LogP contribution in [0.5, 0.6) is 5.75 Å². The quantitative estimate of drug-likeness (QED) is 0.457. The lowest BCUT2D eigenvalue weighted by Crippen LogP contribution is -1.90. The summed E-state index contributed by atoms with van der Waals surface area (Å²) in [7, 11) is 3.23. The summed E-state index contributed by atoms with van der Waals surface area (Å²) >= 11 is 0. The van der Waals surface area contributed by atoms with Crippen molar-refractivity contribution in [3.63, 3.8) is 0 Å². The summed E-state index contributed by atoms with van der Waals surface area (Å²) in [4.78, 5) is 0. The fourth-order valence-corrected chi connectivity index (χ4v) is 1.43. The average Bonchev–Trinajstić information content (AvgIpc) is 2.42. The summed E-state index contributed by atoms with van der Waals surface area (Å²) in [5.41, 5.74) is 1.66. The molecule has 0 saturated carbocycles. The second kappa shape index (κ2) is 7.24. The summed E-state index contributed by atoms with van der Waals surface area (Å²) in [5.74, 6) is 7.50. The summed E-state index contributed by atoms with van der Waals surface area (Å²) in [6.45, 7) is 5.87. The van der Waals surface area contributed by atoms with E-state index in [2.05, 4.69) is 18.4 Å². The first kappa shape index (κ1) is 13.9. The Morgan fingerprint density at radius 2 is 2.06 bits per heavy atom. The van der Waals surface area contributed by atoms with Crippen LogP contribution in [0, 0.1) is 11.8 Å². The molecule has 0 atom stereocenters. The zero-order valence-corrected chi connectivity index (χ0v) is 11.1. The average molecular weight is 242 g/mol. The third-order valence-corrected chi connectivity index (χ3v) is 2.39. The Hall–Kier alpha value is -2.14. The van der Waals surface area contributed by atoms with E-state index in [1.807, 2.05) is 37.3 Å². The molecule has 2 nitrogen and oxygen atoms in total. The molecule has 0 radical (unpaired) electrons. The zero-order chi connectivity index (χ0) is 13.4. The molecule has 0 spiro atoms. The van der Waals surface area contributed by atoms with Crippen molar-refractivity contribution in [3.05, 3.63) is 53.8 Å². The van der Waals surface area contributed by atoms with E-state index < -0.39 is 0 Å². The van der Waals surface area contributed by atoms with Gasteiger partial charge >= 0.3 is 0 Å². The predicted octanol–water partition coefficient (Wildman–Crippen LogP) is 3.54. The van der Waals surface area contributed by atoms with Gasteiger partial charge in [-0.15, -0.1) is 0 Å². The maximum Gasteiger partial charge on any atom is 0.134 e. The van der Waals surface area contributed by atoms with Gasteiger partial charge in [0.2, 0.25) is 0 Å². The van der Waals surface area contributed by atoms with Crippen LogP contribution in [0.25, 0.3) is 0 Å². The second-order valence-corrected chi connectivity index (χ2v) is 3.60. The minimum Gasteiger partial charge on any atom is -0.496 e. The first-order valence-electron chi connectivity index (χ1n) is 5.81. The van der Waals surface area contributed by atoms with E-state index in [0.717, 1.165) is 23.3 Å². The maximum atomic E-state index is 5.25. The van der Waals surface area contributed by atoms with Crippen molar-refractivity contribution < 1.29 is 9.47 Å². The molecule has 0 amide bonds. The van der Waals surface area contributed by atoms with Crippen molar-refractivity contribution in [2.45, 2.75) is 13.3 Å². The molecule has 1 aromatic carbocycles. The molecule has 1 rings (SSSR count). The van der Waals surface area contributed by atoms with Gasteiger partial charge in [0.25, 0.3) is 0 Å². The molecular formula is C16H18O2. The van der Waals surface area contributed by atoms with E-state index in [-0.39, 0.29) is 0 Å². The van der Waals surface area contributed by atoms with Gasteiger partial charge in [0.15, 0.2) is 0 Å². The SMILES string of the molecule is C=C(OC)C(C#Cc1ccccc1OC)=CCC. The van der Waals surface area contributed by atoms with E-state index in [0.29, 0.717) is 5.76 Å². The van der Waals surface area contributed by atoms with Gasteiger partial charge < -0.3 is 9.47 Å². The normalized spacial score (nSPS) is 10.3. The number of hydrogen-bond acceptors (Lipinski definition) is 2. The van der Waals surface area contributed by atoms with Crippen LogP contribution < -0.4 is 4.74 Å². The second-order valence-electron chi connectivity index (χ2n) is 3.60. The lowest BCUT2D eigenvalue weighted by atomic mass is 10.1. The molecule has 0 N–H and O–H groups in total. The highest BCUT2D eigenvalue weighted by molar-refractivity contribution is 5.51. The fraction of sp³-hybridized carbons (Fsp3) is 0.250. The minimum atomic E-state index is 0.583. The molecule has 0 heterocycles. The van der Waals surface area contributed by atoms with Gasteiger partial charge in [-0.2, -0.15) is 0 Å². The van der Waals surface area contributed by atoms with Crippen molar-refractivity contribution >= 4 is 0 Å². The van der Waals surface area contributed by atoms with Crippen LogP contribution in [-0.2, 0) is 4.74 Å². The predicted molar refractivity (Wildman–Crippen MR) is 74.4 cm³/mol. The molecule has 0 saturated heterocycles. The van der Waals surface area contributed by atoms with Gasteiger partial charge in [0.1, 0.15) is 11.5 Å². The summed E-state index contributed by atoms with van der Waals surface area (Å²) in [6.07, 6.45) is 2.88. The van der Waals surface area contributed by atoms with Crippen LogP contribution in [0.2, 0.25) is 0 Å². The summed E-state index contributed by atoms with van der Waals surface area (Å²) in [6, 6.07) is 7.66. The Bertz CT molecular complexity index is 501. The van der Waals surface area contributed by atoms with Crippen LogP contribution in [0.1, 0.15) is 18.9 Å². The first-order chi connectivity index (χ1) is 8.72. The number of benzene rings is 1. The van der Waals surface area contributed by atoms with E-state index >= 15 is 0 Å². The van der Waals surface area contributed by atoms with Crippen molar-refractivity contribution in [1.29, 1.82) is 0 Å². The van der Waals surface area contributed by atoms with Crippen molar-refractivity contribution in [2.75, 3.05) is 14.2 Å². The Kier molecular flexibility index (Phi) is 5.60. The molecule has 2 heteroatoms. The molecule has 0 fully saturated rings. The molecule has 0 aliphatic rings. The monoisotopic (exact) mass is 242 g/mol. The third kappa shape index (κ3) is 3.71. The van der Waals surface area contributed by atoms with Crippen LogP contribution >= 0.6 is 0 Å².